The van der Waals surface area contributed by atoms with Gasteiger partial charge in [-0.3, -0.25) is 9.78 Å². The molecule has 4 N–H and O–H groups in total. The number of hydrogen-bond donors (Lipinski definition) is 3. The summed E-state index contributed by atoms with van der Waals surface area (Å²) in [6, 6.07) is 16.9. The molecule has 0 amide bonds. The molecule has 160 valence electrons. The Morgan fingerprint density at radius 1 is 1.09 bits per heavy atom. The van der Waals surface area contributed by atoms with Gasteiger partial charge in [-0.25, -0.2) is 23.5 Å². The molecule has 0 spiro atoms. The Morgan fingerprint density at radius 2 is 1.81 bits per heavy atom. The highest BCUT2D eigenvalue weighted by atomic mass is 32.2. The van der Waals surface area contributed by atoms with Crippen LogP contribution in [0.4, 0.5) is 10.8 Å². The monoisotopic (exact) mass is 482 g/mol. The molecule has 0 bridgehead atoms. The average Bonchev–Trinajstić information content (AvgIpc) is 3.20. The van der Waals surface area contributed by atoms with Crippen molar-refractivity contribution in [3.05, 3.63) is 75.9 Å². The SMILES string of the molecule is N#Cc1c(-c2ccccc2)nc(Sc2csc(Nc3ccc(S(N)(=O)=O)cc3)n2)[nH]c1=O. The lowest BCUT2D eigenvalue weighted by molar-refractivity contribution is 0.598. The molecule has 0 aliphatic carbocycles. The number of benzene rings is 2. The first-order chi connectivity index (χ1) is 15.3. The Balaban J connectivity index is 1.55. The van der Waals surface area contributed by atoms with Gasteiger partial charge in [0.05, 0.1) is 10.6 Å². The topological polar surface area (TPSA) is 155 Å². The standard InChI is InChI=1S/C20H14N6O3S3/c21-10-15-17(12-4-2-1-3-5-12)25-20(26-18(15)27)31-16-11-30-19(24-16)23-13-6-8-14(9-7-13)32(22,28)29/h1-9,11H,(H,23,24)(H2,22,28,29)(H,25,26,27). The number of rotatable bonds is 6. The summed E-state index contributed by atoms with van der Waals surface area (Å²) in [7, 11) is -3.76. The van der Waals surface area contributed by atoms with Gasteiger partial charge in [0.2, 0.25) is 10.0 Å². The van der Waals surface area contributed by atoms with E-state index < -0.39 is 15.6 Å². The van der Waals surface area contributed by atoms with Crippen molar-refractivity contribution in [3.8, 4) is 17.3 Å². The Hall–Kier alpha value is -3.50. The molecular weight excluding hydrogens is 468 g/mol. The van der Waals surface area contributed by atoms with Crippen molar-refractivity contribution in [1.29, 1.82) is 5.26 Å². The first-order valence-corrected chi connectivity index (χ1v) is 12.2. The van der Waals surface area contributed by atoms with E-state index >= 15 is 0 Å². The van der Waals surface area contributed by atoms with E-state index in [4.69, 9.17) is 5.14 Å². The zero-order chi connectivity index (χ0) is 22.7. The lowest BCUT2D eigenvalue weighted by Crippen LogP contribution is -2.14. The number of nitrogens with one attached hydrogen (secondary N) is 2. The largest absolute Gasteiger partial charge is 0.332 e. The minimum Gasteiger partial charge on any atom is -0.332 e. The van der Waals surface area contributed by atoms with Crippen LogP contribution >= 0.6 is 23.1 Å². The lowest BCUT2D eigenvalue weighted by atomic mass is 10.1. The molecule has 0 radical (unpaired) electrons. The highest BCUT2D eigenvalue weighted by molar-refractivity contribution is 7.99. The van der Waals surface area contributed by atoms with Gasteiger partial charge in [0.1, 0.15) is 16.7 Å². The second-order valence-electron chi connectivity index (χ2n) is 6.36. The minimum absolute atomic E-state index is 0.0171. The summed E-state index contributed by atoms with van der Waals surface area (Å²) >= 11 is 2.48. The molecule has 0 aliphatic heterocycles. The summed E-state index contributed by atoms with van der Waals surface area (Å²) in [5.41, 5.74) is 1.04. The van der Waals surface area contributed by atoms with Gasteiger partial charge in [0.15, 0.2) is 10.3 Å². The normalized spacial score (nSPS) is 11.1. The predicted octanol–water partition coefficient (Wildman–Crippen LogP) is 3.31. The number of primary sulfonamides is 1. The Kier molecular flexibility index (Phi) is 6.06. The highest BCUT2D eigenvalue weighted by Gasteiger charge is 2.15. The molecule has 12 heteroatoms. The van der Waals surface area contributed by atoms with Gasteiger partial charge in [0, 0.05) is 16.6 Å². The van der Waals surface area contributed by atoms with E-state index in [1.54, 1.807) is 41.8 Å². The number of H-pyrrole nitrogens is 1. The van der Waals surface area contributed by atoms with Crippen molar-refractivity contribution < 1.29 is 8.42 Å². The molecule has 0 fully saturated rings. The highest BCUT2D eigenvalue weighted by Crippen LogP contribution is 2.31. The zero-order valence-corrected chi connectivity index (χ0v) is 18.6. The molecule has 0 atom stereocenters. The summed E-state index contributed by atoms with van der Waals surface area (Å²) in [5, 5.41) is 20.8. The first kappa shape index (κ1) is 21.7. The molecule has 0 unspecified atom stereocenters. The predicted molar refractivity (Wildman–Crippen MR) is 122 cm³/mol. The van der Waals surface area contributed by atoms with Crippen LogP contribution in [0, 0.1) is 11.3 Å². The molecule has 4 aromatic rings. The molecule has 0 saturated heterocycles. The van der Waals surface area contributed by atoms with E-state index in [2.05, 4.69) is 20.3 Å². The van der Waals surface area contributed by atoms with Crippen molar-refractivity contribution in [1.82, 2.24) is 15.0 Å². The second-order valence-corrected chi connectivity index (χ2v) is 9.79. The van der Waals surface area contributed by atoms with Crippen LogP contribution in [0.25, 0.3) is 11.3 Å². The number of nitriles is 1. The van der Waals surface area contributed by atoms with Gasteiger partial charge in [-0.1, -0.05) is 30.3 Å². The number of nitrogens with zero attached hydrogens (tertiary/aromatic N) is 3. The van der Waals surface area contributed by atoms with Gasteiger partial charge >= 0.3 is 0 Å². The van der Waals surface area contributed by atoms with Crippen LogP contribution in [0.1, 0.15) is 5.56 Å². The van der Waals surface area contributed by atoms with E-state index in [0.717, 1.165) is 11.8 Å². The van der Waals surface area contributed by atoms with E-state index in [1.165, 1.54) is 23.5 Å². The first-order valence-electron chi connectivity index (χ1n) is 8.96. The van der Waals surface area contributed by atoms with Crippen LogP contribution in [-0.2, 0) is 10.0 Å². The third-order valence-electron chi connectivity index (χ3n) is 4.18. The van der Waals surface area contributed by atoms with E-state index in [-0.39, 0.29) is 10.5 Å². The third-order valence-corrected chi connectivity index (χ3v) is 6.82. The molecule has 9 nitrogen and oxygen atoms in total. The summed E-state index contributed by atoms with van der Waals surface area (Å²) in [5.74, 6) is 0. The Bertz CT molecular complexity index is 1470. The number of hydrogen-bond acceptors (Lipinski definition) is 9. The van der Waals surface area contributed by atoms with E-state index in [0.29, 0.717) is 32.3 Å². The van der Waals surface area contributed by atoms with Crippen molar-refractivity contribution in [2.45, 2.75) is 15.1 Å². The average molecular weight is 483 g/mol. The maximum absolute atomic E-state index is 12.4. The van der Waals surface area contributed by atoms with E-state index in [1.807, 2.05) is 12.1 Å². The van der Waals surface area contributed by atoms with Crippen LogP contribution in [0.3, 0.4) is 0 Å². The fourth-order valence-corrected chi connectivity index (χ4v) is 4.84. The molecule has 32 heavy (non-hydrogen) atoms. The molecule has 2 heterocycles. The van der Waals surface area contributed by atoms with Crippen molar-refractivity contribution in [3.63, 3.8) is 0 Å². The Morgan fingerprint density at radius 3 is 2.47 bits per heavy atom. The minimum atomic E-state index is -3.76. The molecule has 0 saturated carbocycles. The quantitative estimate of drug-likeness (QED) is 0.354. The molecule has 4 rings (SSSR count). The number of anilines is 2. The molecule has 2 aromatic carbocycles. The van der Waals surface area contributed by atoms with E-state index in [9.17, 15) is 18.5 Å². The van der Waals surface area contributed by atoms with Crippen LogP contribution in [0.2, 0.25) is 0 Å². The number of aromatic amines is 1. The van der Waals surface area contributed by atoms with Gasteiger partial charge in [-0.15, -0.1) is 11.3 Å². The molecular formula is C20H14N6O3S3. The van der Waals surface area contributed by atoms with Crippen molar-refractivity contribution >= 4 is 43.9 Å². The summed E-state index contributed by atoms with van der Waals surface area (Å²) in [6.45, 7) is 0. The number of thiazole rings is 1. The maximum Gasteiger partial charge on any atom is 0.270 e. The number of aromatic nitrogens is 3. The smallest absolute Gasteiger partial charge is 0.270 e. The van der Waals surface area contributed by atoms with Gasteiger partial charge in [-0.05, 0) is 36.0 Å². The van der Waals surface area contributed by atoms with Gasteiger partial charge < -0.3 is 5.32 Å². The molecule has 0 aliphatic rings. The lowest BCUT2D eigenvalue weighted by Gasteiger charge is -2.05. The van der Waals surface area contributed by atoms with Crippen LogP contribution < -0.4 is 16.0 Å². The maximum atomic E-state index is 12.4. The molecule has 2 aromatic heterocycles. The second kappa shape index (κ2) is 8.93. The Labute approximate surface area is 191 Å². The summed E-state index contributed by atoms with van der Waals surface area (Å²) in [6.07, 6.45) is 0. The van der Waals surface area contributed by atoms with Crippen molar-refractivity contribution in [2.24, 2.45) is 5.14 Å². The van der Waals surface area contributed by atoms with Gasteiger partial charge in [0.25, 0.3) is 5.56 Å². The number of nitrogens with two attached hydrogens (primary N) is 1. The van der Waals surface area contributed by atoms with Crippen LogP contribution in [0.15, 0.2) is 79.8 Å². The summed E-state index contributed by atoms with van der Waals surface area (Å²) in [4.78, 5) is 23.9. The van der Waals surface area contributed by atoms with Crippen LogP contribution in [-0.4, -0.2) is 23.4 Å². The number of sulfonamides is 1. The van der Waals surface area contributed by atoms with Gasteiger partial charge in [-0.2, -0.15) is 5.26 Å². The fraction of sp³-hybridized carbons (Fsp3) is 0. The van der Waals surface area contributed by atoms with Crippen molar-refractivity contribution in [2.75, 3.05) is 5.32 Å². The van der Waals surface area contributed by atoms with Crippen LogP contribution in [0.5, 0.6) is 0 Å². The summed E-state index contributed by atoms with van der Waals surface area (Å²) < 4.78 is 22.7. The fourth-order valence-electron chi connectivity index (χ4n) is 2.72. The zero-order valence-electron chi connectivity index (χ0n) is 16.1. The third kappa shape index (κ3) is 4.87.